The zero-order valence-corrected chi connectivity index (χ0v) is 14.9. The number of carbonyl (C=O) groups excluding carboxylic acids is 2. The predicted octanol–water partition coefficient (Wildman–Crippen LogP) is 3.04. The number of hydrogen-bond acceptors (Lipinski definition) is 6. The highest BCUT2D eigenvalue weighted by molar-refractivity contribution is 6.33. The minimum atomic E-state index is -1.04. The molecule has 1 saturated heterocycles. The summed E-state index contributed by atoms with van der Waals surface area (Å²) in [6.45, 7) is 0. The largest absolute Gasteiger partial charge is 0.381 e. The molecule has 2 atom stereocenters. The Hall–Kier alpha value is -4.07. The number of hydrogen-bond donors (Lipinski definition) is 0. The number of non-ortho nitro benzene ring substituents is 1. The average Bonchev–Trinajstić information content (AvgIpc) is 3.28. The third-order valence-electron chi connectivity index (χ3n) is 5.19. The van der Waals surface area contributed by atoms with Crippen LogP contribution in [0.2, 0.25) is 0 Å². The van der Waals surface area contributed by atoms with Crippen LogP contribution in [-0.2, 0) is 14.4 Å². The van der Waals surface area contributed by atoms with E-state index in [-0.39, 0.29) is 5.69 Å². The number of imide groups is 1. The van der Waals surface area contributed by atoms with Crippen LogP contribution >= 0.6 is 0 Å². The Kier molecular flexibility index (Phi) is 3.67. The Morgan fingerprint density at radius 3 is 2.41 bits per heavy atom. The number of benzene rings is 3. The summed E-state index contributed by atoms with van der Waals surface area (Å²) in [6, 6.07) is 18.6. The molecule has 0 bridgehead atoms. The topological polar surface area (TPSA) is 102 Å². The zero-order chi connectivity index (χ0) is 20.1. The fourth-order valence-corrected chi connectivity index (χ4v) is 3.81. The first-order valence-electron chi connectivity index (χ1n) is 8.90. The molecule has 0 unspecified atom stereocenters. The lowest BCUT2D eigenvalue weighted by molar-refractivity contribution is -0.384. The lowest BCUT2D eigenvalue weighted by Crippen LogP contribution is -2.33. The van der Waals surface area contributed by atoms with E-state index < -0.39 is 28.8 Å². The number of oxime groups is 1. The van der Waals surface area contributed by atoms with Crippen LogP contribution in [0.5, 0.6) is 0 Å². The van der Waals surface area contributed by atoms with E-state index in [9.17, 15) is 19.7 Å². The van der Waals surface area contributed by atoms with E-state index in [1.54, 1.807) is 12.1 Å². The van der Waals surface area contributed by atoms with Crippen molar-refractivity contribution >= 4 is 39.7 Å². The number of nitrogens with zero attached hydrogens (tertiary/aromatic N) is 3. The van der Waals surface area contributed by atoms with Crippen molar-refractivity contribution in [3.05, 3.63) is 82.4 Å². The van der Waals surface area contributed by atoms with Gasteiger partial charge in [-0.15, -0.1) is 0 Å². The van der Waals surface area contributed by atoms with E-state index in [0.29, 0.717) is 17.0 Å². The van der Waals surface area contributed by atoms with Gasteiger partial charge in [-0.25, -0.2) is 4.90 Å². The van der Waals surface area contributed by atoms with Gasteiger partial charge in [-0.3, -0.25) is 19.7 Å². The maximum absolute atomic E-state index is 13.2. The third kappa shape index (κ3) is 2.49. The summed E-state index contributed by atoms with van der Waals surface area (Å²) in [5, 5.41) is 16.5. The summed E-state index contributed by atoms with van der Waals surface area (Å²) in [5.74, 6) is -1.79. The minimum absolute atomic E-state index is 0.0731. The number of nitro benzene ring substituents is 1. The van der Waals surface area contributed by atoms with Crippen LogP contribution in [-0.4, -0.2) is 28.6 Å². The molecule has 0 aromatic heterocycles. The van der Waals surface area contributed by atoms with E-state index in [2.05, 4.69) is 5.16 Å². The van der Waals surface area contributed by atoms with Gasteiger partial charge in [0, 0.05) is 23.1 Å². The van der Waals surface area contributed by atoms with Crippen LogP contribution in [0.1, 0.15) is 5.56 Å². The second kappa shape index (κ2) is 6.23. The van der Waals surface area contributed by atoms with E-state index >= 15 is 0 Å². The van der Waals surface area contributed by atoms with Crippen LogP contribution < -0.4 is 4.90 Å². The highest BCUT2D eigenvalue weighted by Gasteiger charge is 2.56. The van der Waals surface area contributed by atoms with Crippen molar-refractivity contribution in [1.82, 2.24) is 0 Å². The summed E-state index contributed by atoms with van der Waals surface area (Å²) in [6.07, 6.45) is -1.04. The van der Waals surface area contributed by atoms with Gasteiger partial charge in [0.15, 0.2) is 0 Å². The van der Waals surface area contributed by atoms with Crippen LogP contribution in [0.3, 0.4) is 0 Å². The molecular formula is C21H13N3O5. The maximum atomic E-state index is 13.2. The molecule has 2 aliphatic rings. The number of amides is 2. The fourth-order valence-electron chi connectivity index (χ4n) is 3.81. The summed E-state index contributed by atoms with van der Waals surface area (Å²) in [4.78, 5) is 43.0. The smallest absolute Gasteiger partial charge is 0.278 e. The van der Waals surface area contributed by atoms with Gasteiger partial charge in [0.25, 0.3) is 11.6 Å². The molecule has 0 N–H and O–H groups in total. The second-order valence-corrected chi connectivity index (χ2v) is 6.79. The average molecular weight is 387 g/mol. The SMILES string of the molecule is O=C1[C@H]2C(c3ccc([N+](=O)[O-])cc3)=NO[C@@H]2C(=O)N1c1cccc2ccccc12. The van der Waals surface area contributed by atoms with Gasteiger partial charge in [-0.2, -0.15) is 0 Å². The molecule has 5 rings (SSSR count). The third-order valence-corrected chi connectivity index (χ3v) is 5.19. The Bertz CT molecular complexity index is 1210. The lowest BCUT2D eigenvalue weighted by atomic mass is 9.94. The first kappa shape index (κ1) is 17.1. The molecule has 0 saturated carbocycles. The lowest BCUT2D eigenvalue weighted by Gasteiger charge is -2.17. The van der Waals surface area contributed by atoms with Crippen molar-refractivity contribution in [2.24, 2.45) is 11.1 Å². The molecule has 8 nitrogen and oxygen atoms in total. The second-order valence-electron chi connectivity index (χ2n) is 6.79. The fraction of sp³-hybridized carbons (Fsp3) is 0.0952. The van der Waals surface area contributed by atoms with Crippen molar-refractivity contribution in [3.63, 3.8) is 0 Å². The van der Waals surface area contributed by atoms with Crippen molar-refractivity contribution in [2.45, 2.75) is 6.10 Å². The highest BCUT2D eigenvalue weighted by atomic mass is 16.7. The van der Waals surface area contributed by atoms with Crippen molar-refractivity contribution < 1.29 is 19.3 Å². The molecule has 1 fully saturated rings. The van der Waals surface area contributed by atoms with Gasteiger partial charge in [0.2, 0.25) is 12.0 Å². The summed E-state index contributed by atoms with van der Waals surface area (Å²) >= 11 is 0. The number of anilines is 1. The Morgan fingerprint density at radius 2 is 1.66 bits per heavy atom. The van der Waals surface area contributed by atoms with E-state index in [1.807, 2.05) is 30.3 Å². The van der Waals surface area contributed by atoms with Crippen LogP contribution in [0.4, 0.5) is 11.4 Å². The van der Waals surface area contributed by atoms with Gasteiger partial charge in [0.1, 0.15) is 11.6 Å². The molecule has 2 amide bonds. The molecule has 0 aliphatic carbocycles. The van der Waals surface area contributed by atoms with Crippen molar-refractivity contribution in [2.75, 3.05) is 4.90 Å². The Labute approximate surface area is 164 Å². The van der Waals surface area contributed by atoms with Gasteiger partial charge < -0.3 is 4.84 Å². The van der Waals surface area contributed by atoms with Crippen LogP contribution in [0.25, 0.3) is 10.8 Å². The van der Waals surface area contributed by atoms with E-state index in [4.69, 9.17) is 4.84 Å². The first-order valence-corrected chi connectivity index (χ1v) is 8.90. The van der Waals surface area contributed by atoms with Crippen LogP contribution in [0, 0.1) is 16.0 Å². The van der Waals surface area contributed by atoms with Gasteiger partial charge >= 0.3 is 0 Å². The van der Waals surface area contributed by atoms with E-state index in [1.165, 1.54) is 24.3 Å². The Morgan fingerprint density at radius 1 is 0.931 bits per heavy atom. The summed E-state index contributed by atoms with van der Waals surface area (Å²) in [5.41, 5.74) is 1.23. The quantitative estimate of drug-likeness (QED) is 0.390. The molecule has 0 spiro atoms. The standard InChI is InChI=1S/C21H13N3O5/c25-20-17-18(13-8-10-14(11-9-13)24(27)28)22-29-19(17)21(26)23(20)16-7-3-5-12-4-1-2-6-15(12)16/h1-11,17,19H/t17-,19-/m0/s1. The number of carbonyl (C=O) groups is 2. The molecular weight excluding hydrogens is 374 g/mol. The van der Waals surface area contributed by atoms with Crippen LogP contribution in [0.15, 0.2) is 71.9 Å². The minimum Gasteiger partial charge on any atom is -0.381 e. The van der Waals surface area contributed by atoms with Crippen molar-refractivity contribution in [3.8, 4) is 0 Å². The molecule has 3 aromatic carbocycles. The van der Waals surface area contributed by atoms with Crippen molar-refractivity contribution in [1.29, 1.82) is 0 Å². The Balaban J connectivity index is 1.54. The molecule has 2 aliphatic heterocycles. The predicted molar refractivity (Wildman–Crippen MR) is 104 cm³/mol. The maximum Gasteiger partial charge on any atom is 0.278 e. The molecule has 2 heterocycles. The number of fused-ring (bicyclic) bond motifs is 2. The molecule has 8 heteroatoms. The monoisotopic (exact) mass is 387 g/mol. The van der Waals surface area contributed by atoms with Gasteiger partial charge in [0.05, 0.1) is 10.6 Å². The normalized spacial score (nSPS) is 20.6. The molecule has 0 radical (unpaired) electrons. The van der Waals surface area contributed by atoms with E-state index in [0.717, 1.165) is 15.7 Å². The molecule has 142 valence electrons. The molecule has 29 heavy (non-hydrogen) atoms. The van der Waals surface area contributed by atoms with Gasteiger partial charge in [-0.1, -0.05) is 41.6 Å². The summed E-state index contributed by atoms with van der Waals surface area (Å²) in [7, 11) is 0. The molecule has 3 aromatic rings. The number of nitro groups is 1. The first-order chi connectivity index (χ1) is 14.1. The highest BCUT2D eigenvalue weighted by Crippen LogP contribution is 2.38. The number of rotatable bonds is 3. The zero-order valence-electron chi connectivity index (χ0n) is 14.9. The summed E-state index contributed by atoms with van der Waals surface area (Å²) < 4.78 is 0. The van der Waals surface area contributed by atoms with Gasteiger partial charge in [-0.05, 0) is 23.6 Å².